The maximum absolute atomic E-state index is 13.2. The molecule has 1 saturated carbocycles. The van der Waals surface area contributed by atoms with Crippen LogP contribution in [0.25, 0.3) is 5.69 Å². The van der Waals surface area contributed by atoms with E-state index >= 15 is 0 Å². The van der Waals surface area contributed by atoms with Crippen molar-refractivity contribution in [2.75, 3.05) is 37.0 Å². The second kappa shape index (κ2) is 9.97. The monoisotopic (exact) mass is 463 g/mol. The molecule has 0 atom stereocenters. The van der Waals surface area contributed by atoms with Crippen LogP contribution in [0.2, 0.25) is 0 Å². The van der Waals surface area contributed by atoms with Crippen molar-refractivity contribution in [1.82, 2.24) is 19.7 Å². The minimum Gasteiger partial charge on any atom is -0.378 e. The predicted molar refractivity (Wildman–Crippen MR) is 130 cm³/mol. The van der Waals surface area contributed by atoms with Gasteiger partial charge in [0.1, 0.15) is 0 Å². The summed E-state index contributed by atoms with van der Waals surface area (Å²) in [6, 6.07) is 18.9. The molecule has 0 bridgehead atoms. The number of benzene rings is 2. The van der Waals surface area contributed by atoms with Gasteiger partial charge in [0.2, 0.25) is 11.9 Å². The van der Waals surface area contributed by atoms with Gasteiger partial charge < -0.3 is 14.5 Å². The number of carbonyl (C=O) groups excluding carboxylic acids is 1. The molecule has 5 rings (SSSR count). The highest BCUT2D eigenvalue weighted by molar-refractivity contribution is 7.99. The quantitative estimate of drug-likeness (QED) is 0.475. The van der Waals surface area contributed by atoms with Gasteiger partial charge in [-0.05, 0) is 43.0 Å². The summed E-state index contributed by atoms with van der Waals surface area (Å²) in [6.45, 7) is 5.65. The first-order chi connectivity index (χ1) is 16.2. The molecule has 0 spiro atoms. The molecule has 2 heterocycles. The molecular weight excluding hydrogens is 434 g/mol. The number of morpholine rings is 1. The van der Waals surface area contributed by atoms with Crippen LogP contribution >= 0.6 is 11.8 Å². The molecule has 8 heteroatoms. The number of hydrogen-bond donors (Lipinski definition) is 0. The van der Waals surface area contributed by atoms with Gasteiger partial charge in [-0.3, -0.25) is 9.36 Å². The van der Waals surface area contributed by atoms with E-state index in [9.17, 15) is 4.79 Å². The molecular formula is C25H29N5O2S. The number of thioether (sulfide) groups is 1. The maximum atomic E-state index is 13.2. The normalized spacial score (nSPS) is 16.1. The molecule has 33 heavy (non-hydrogen) atoms. The highest BCUT2D eigenvalue weighted by Crippen LogP contribution is 2.31. The molecule has 2 aromatic carbocycles. The van der Waals surface area contributed by atoms with Crippen LogP contribution in [0.4, 0.5) is 5.95 Å². The lowest BCUT2D eigenvalue weighted by atomic mass is 10.2. The number of hydrogen-bond acceptors (Lipinski definition) is 6. The van der Waals surface area contributed by atoms with Crippen LogP contribution in [0, 0.1) is 6.92 Å². The number of nitrogens with zero attached hydrogens (tertiary/aromatic N) is 5. The minimum atomic E-state index is 0.151. The zero-order valence-corrected chi connectivity index (χ0v) is 19.7. The second-order valence-corrected chi connectivity index (χ2v) is 9.53. The van der Waals surface area contributed by atoms with Crippen LogP contribution in [0.1, 0.15) is 24.0 Å². The Kier molecular flexibility index (Phi) is 6.64. The standard InChI is InChI=1S/C25H29N5O2S/c1-19-6-5-9-22(16-19)30-24(28-12-14-32-15-13-28)26-27-25(30)33-18-23(31)29(21-10-11-21)17-20-7-3-2-4-8-20/h2-9,16,21H,10-15,17-18H2,1H3. The third-order valence-corrected chi connectivity index (χ3v) is 6.91. The van der Waals surface area contributed by atoms with Crippen LogP contribution < -0.4 is 4.90 Å². The molecule has 172 valence electrons. The Balaban J connectivity index is 1.36. The van der Waals surface area contributed by atoms with Gasteiger partial charge in [-0.15, -0.1) is 10.2 Å². The van der Waals surface area contributed by atoms with Gasteiger partial charge in [0.25, 0.3) is 0 Å². The first-order valence-corrected chi connectivity index (χ1v) is 12.5. The lowest BCUT2D eigenvalue weighted by Crippen LogP contribution is -2.38. The summed E-state index contributed by atoms with van der Waals surface area (Å²) in [5, 5.41) is 9.76. The van der Waals surface area contributed by atoms with E-state index in [1.165, 1.54) is 22.9 Å². The van der Waals surface area contributed by atoms with Gasteiger partial charge in [0.05, 0.1) is 24.7 Å². The Bertz CT molecular complexity index is 1090. The first-order valence-electron chi connectivity index (χ1n) is 11.5. The summed E-state index contributed by atoms with van der Waals surface area (Å²) in [4.78, 5) is 17.5. The molecule has 0 N–H and O–H groups in total. The molecule has 1 aliphatic carbocycles. The summed E-state index contributed by atoms with van der Waals surface area (Å²) in [7, 11) is 0. The molecule has 7 nitrogen and oxygen atoms in total. The number of carbonyl (C=O) groups is 1. The fraction of sp³-hybridized carbons (Fsp3) is 0.400. The van der Waals surface area contributed by atoms with Crippen molar-refractivity contribution >= 4 is 23.6 Å². The fourth-order valence-corrected chi connectivity index (χ4v) is 4.95. The Morgan fingerprint density at radius 2 is 1.88 bits per heavy atom. The van der Waals surface area contributed by atoms with Crippen molar-refractivity contribution in [1.29, 1.82) is 0 Å². The summed E-state index contributed by atoms with van der Waals surface area (Å²) in [5.41, 5.74) is 3.35. The van der Waals surface area contributed by atoms with E-state index in [4.69, 9.17) is 4.74 Å². The number of anilines is 1. The van der Waals surface area contributed by atoms with E-state index in [1.807, 2.05) is 29.2 Å². The number of rotatable bonds is 8. The summed E-state index contributed by atoms with van der Waals surface area (Å²) < 4.78 is 7.60. The zero-order valence-electron chi connectivity index (χ0n) is 18.9. The lowest BCUT2D eigenvalue weighted by molar-refractivity contribution is -0.129. The van der Waals surface area contributed by atoms with Gasteiger partial charge in [-0.25, -0.2) is 0 Å². The van der Waals surface area contributed by atoms with E-state index < -0.39 is 0 Å². The summed E-state index contributed by atoms with van der Waals surface area (Å²) in [6.07, 6.45) is 2.17. The molecule has 1 aromatic heterocycles. The van der Waals surface area contributed by atoms with Crippen LogP contribution in [-0.2, 0) is 16.1 Å². The van der Waals surface area contributed by atoms with Crippen molar-refractivity contribution < 1.29 is 9.53 Å². The maximum Gasteiger partial charge on any atom is 0.233 e. The molecule has 1 saturated heterocycles. The minimum absolute atomic E-state index is 0.151. The third kappa shape index (κ3) is 5.23. The van der Waals surface area contributed by atoms with Gasteiger partial charge in [0.15, 0.2) is 5.16 Å². The zero-order chi connectivity index (χ0) is 22.6. The number of ether oxygens (including phenoxy) is 1. The summed E-state index contributed by atoms with van der Waals surface area (Å²) in [5.74, 6) is 1.30. The van der Waals surface area contributed by atoms with E-state index in [0.29, 0.717) is 31.6 Å². The molecule has 3 aromatic rings. The number of aromatic nitrogens is 3. The van der Waals surface area contributed by atoms with Crippen LogP contribution in [0.15, 0.2) is 59.8 Å². The van der Waals surface area contributed by atoms with Crippen molar-refractivity contribution in [3.05, 3.63) is 65.7 Å². The van der Waals surface area contributed by atoms with Crippen molar-refractivity contribution in [2.45, 2.75) is 37.5 Å². The highest BCUT2D eigenvalue weighted by Gasteiger charge is 2.33. The molecule has 0 radical (unpaired) electrons. The number of amides is 1. The molecule has 2 fully saturated rings. The van der Waals surface area contributed by atoms with Crippen LogP contribution in [-0.4, -0.2) is 63.7 Å². The Morgan fingerprint density at radius 1 is 1.09 bits per heavy atom. The smallest absolute Gasteiger partial charge is 0.233 e. The largest absolute Gasteiger partial charge is 0.378 e. The van der Waals surface area contributed by atoms with Crippen molar-refractivity contribution in [3.63, 3.8) is 0 Å². The van der Waals surface area contributed by atoms with E-state index in [0.717, 1.165) is 42.7 Å². The Hall–Kier alpha value is -2.84. The van der Waals surface area contributed by atoms with Crippen LogP contribution in [0.3, 0.4) is 0 Å². The van der Waals surface area contributed by atoms with E-state index in [2.05, 4.69) is 56.9 Å². The number of aryl methyl sites for hydroxylation is 1. The fourth-order valence-electron chi connectivity index (χ4n) is 4.11. The molecule has 0 unspecified atom stereocenters. The van der Waals surface area contributed by atoms with Crippen LogP contribution in [0.5, 0.6) is 0 Å². The van der Waals surface area contributed by atoms with E-state index in [-0.39, 0.29) is 5.91 Å². The predicted octanol–water partition coefficient (Wildman–Crippen LogP) is 3.70. The molecule has 1 amide bonds. The lowest BCUT2D eigenvalue weighted by Gasteiger charge is -2.28. The summed E-state index contributed by atoms with van der Waals surface area (Å²) >= 11 is 1.46. The van der Waals surface area contributed by atoms with E-state index in [1.54, 1.807) is 0 Å². The van der Waals surface area contributed by atoms with Gasteiger partial charge in [-0.2, -0.15) is 0 Å². The highest BCUT2D eigenvalue weighted by atomic mass is 32.2. The van der Waals surface area contributed by atoms with Gasteiger partial charge >= 0.3 is 0 Å². The molecule has 1 aliphatic heterocycles. The molecule has 2 aliphatic rings. The van der Waals surface area contributed by atoms with Gasteiger partial charge in [0, 0.05) is 25.7 Å². The second-order valence-electron chi connectivity index (χ2n) is 8.58. The van der Waals surface area contributed by atoms with Crippen molar-refractivity contribution in [2.24, 2.45) is 0 Å². The van der Waals surface area contributed by atoms with Gasteiger partial charge in [-0.1, -0.05) is 54.2 Å². The first kappa shape index (κ1) is 22.0. The average Bonchev–Trinajstić information content (AvgIpc) is 3.60. The SMILES string of the molecule is Cc1cccc(-n2c(SCC(=O)N(Cc3ccccc3)C3CC3)nnc2N2CCOCC2)c1. The van der Waals surface area contributed by atoms with Crippen molar-refractivity contribution in [3.8, 4) is 5.69 Å². The Labute approximate surface area is 198 Å². The topological polar surface area (TPSA) is 63.5 Å². The Morgan fingerprint density at radius 3 is 2.61 bits per heavy atom. The average molecular weight is 464 g/mol. The third-order valence-electron chi connectivity index (χ3n) is 6.00.